The summed E-state index contributed by atoms with van der Waals surface area (Å²) in [6, 6.07) is 0. The maximum Gasteiger partial charge on any atom is 0.303 e. The first-order valence-corrected chi connectivity index (χ1v) is 10.9. The molecule has 0 aliphatic rings. The predicted octanol–water partition coefficient (Wildman–Crippen LogP) is 4.07. The zero-order chi connectivity index (χ0) is 21.3. The molecule has 0 radical (unpaired) electrons. The molecule has 6 nitrogen and oxygen atoms in total. The highest BCUT2D eigenvalue weighted by atomic mass is 16.5. The molecule has 0 fully saturated rings. The monoisotopic (exact) mass is 404 g/mol. The van der Waals surface area contributed by atoms with Crippen LogP contribution in [0.15, 0.2) is 12.2 Å². The maximum atomic E-state index is 10.3. The fourth-order valence-corrected chi connectivity index (χ4v) is 2.60. The van der Waals surface area contributed by atoms with E-state index in [1.165, 1.54) is 25.7 Å². The summed E-state index contributed by atoms with van der Waals surface area (Å²) in [4.78, 5) is 10.3. The first-order chi connectivity index (χ1) is 13.6. The third kappa shape index (κ3) is 29.8. The number of unbranched alkanes of at least 4 members (excludes halogenated alkanes) is 8. The topological polar surface area (TPSA) is 107 Å². The predicted molar refractivity (Wildman–Crippen MR) is 113 cm³/mol. The molecule has 0 unspecified atom stereocenters. The van der Waals surface area contributed by atoms with Gasteiger partial charge in [-0.15, -0.1) is 0 Å². The van der Waals surface area contributed by atoms with E-state index < -0.39 is 5.97 Å². The number of hydrogen-bond acceptors (Lipinski definition) is 5. The highest BCUT2D eigenvalue weighted by Crippen LogP contribution is 2.10. The van der Waals surface area contributed by atoms with Crippen molar-refractivity contribution in [3.63, 3.8) is 0 Å². The first-order valence-electron chi connectivity index (χ1n) is 10.9. The van der Waals surface area contributed by atoms with Crippen LogP contribution in [0.3, 0.4) is 0 Å². The second kappa shape index (κ2) is 26.1. The number of hydrogen-bond donors (Lipinski definition) is 4. The summed E-state index contributed by atoms with van der Waals surface area (Å²) in [6.07, 6.45) is 17.4. The molecule has 0 aromatic carbocycles. The molecule has 0 bridgehead atoms. The lowest BCUT2D eigenvalue weighted by Crippen LogP contribution is -2.04. The van der Waals surface area contributed by atoms with Gasteiger partial charge in [0.1, 0.15) is 0 Å². The Morgan fingerprint density at radius 2 is 1.50 bits per heavy atom. The van der Waals surface area contributed by atoms with Crippen molar-refractivity contribution in [1.29, 1.82) is 0 Å². The number of aliphatic hydroxyl groups excluding tert-OH is 3. The molecule has 0 rings (SSSR count). The second-order valence-electron chi connectivity index (χ2n) is 6.97. The van der Waals surface area contributed by atoms with Crippen LogP contribution in [0, 0.1) is 0 Å². The Morgan fingerprint density at radius 1 is 0.893 bits per heavy atom. The van der Waals surface area contributed by atoms with Crippen LogP contribution in [0.1, 0.15) is 90.4 Å². The van der Waals surface area contributed by atoms with Crippen molar-refractivity contribution in [2.45, 2.75) is 96.5 Å². The van der Waals surface area contributed by atoms with Crippen LogP contribution in [0.25, 0.3) is 0 Å². The van der Waals surface area contributed by atoms with Gasteiger partial charge in [0.2, 0.25) is 0 Å². The Morgan fingerprint density at radius 3 is 2.11 bits per heavy atom. The number of carboxylic acids is 1. The number of allylic oxidation sites excluding steroid dienone is 1. The summed E-state index contributed by atoms with van der Waals surface area (Å²) in [5, 5.41) is 34.5. The molecule has 0 saturated heterocycles. The summed E-state index contributed by atoms with van der Waals surface area (Å²) >= 11 is 0. The minimum absolute atomic E-state index is 0.0278. The summed E-state index contributed by atoms with van der Waals surface area (Å²) in [7, 11) is 0. The molecule has 0 aliphatic heterocycles. The Balaban J connectivity index is 0. The number of carbonyl (C=O) groups is 1. The smallest absolute Gasteiger partial charge is 0.303 e. The third-order valence-corrected chi connectivity index (χ3v) is 4.20. The van der Waals surface area contributed by atoms with Crippen LogP contribution in [0.5, 0.6) is 0 Å². The average Bonchev–Trinajstić information content (AvgIpc) is 2.67. The second-order valence-corrected chi connectivity index (χ2v) is 6.97. The number of aliphatic hydroxyl groups is 3. The van der Waals surface area contributed by atoms with E-state index in [1.54, 1.807) is 0 Å². The van der Waals surface area contributed by atoms with Gasteiger partial charge in [0.25, 0.3) is 0 Å². The molecule has 4 N–H and O–H groups in total. The molecule has 28 heavy (non-hydrogen) atoms. The zero-order valence-corrected chi connectivity index (χ0v) is 17.9. The van der Waals surface area contributed by atoms with Gasteiger partial charge in [0.15, 0.2) is 0 Å². The van der Waals surface area contributed by atoms with E-state index in [0.29, 0.717) is 19.6 Å². The number of rotatable bonds is 19. The molecule has 0 heterocycles. The van der Waals surface area contributed by atoms with E-state index in [2.05, 4.69) is 23.8 Å². The van der Waals surface area contributed by atoms with Gasteiger partial charge in [0, 0.05) is 6.42 Å². The third-order valence-electron chi connectivity index (χ3n) is 4.20. The van der Waals surface area contributed by atoms with Gasteiger partial charge >= 0.3 is 5.97 Å². The normalized spacial score (nSPS) is 12.0. The average molecular weight is 405 g/mol. The Hall–Kier alpha value is -0.950. The van der Waals surface area contributed by atoms with Crippen molar-refractivity contribution in [3.05, 3.63) is 12.2 Å². The molecular formula is C22H44O6. The Labute approximate surface area is 171 Å². The fraction of sp³-hybridized carbons (Fsp3) is 0.864. The molecule has 6 heteroatoms. The number of ether oxygens (including phenoxy) is 1. The molecule has 1 atom stereocenters. The van der Waals surface area contributed by atoms with Crippen molar-refractivity contribution in [2.75, 3.05) is 26.4 Å². The lowest BCUT2D eigenvalue weighted by molar-refractivity contribution is -0.137. The summed E-state index contributed by atoms with van der Waals surface area (Å²) in [5.41, 5.74) is 0. The van der Waals surface area contributed by atoms with E-state index in [1.807, 2.05) is 0 Å². The molecule has 0 aliphatic carbocycles. The Bertz CT molecular complexity index is 329. The molecule has 0 spiro atoms. The van der Waals surface area contributed by atoms with Crippen LogP contribution in [0.4, 0.5) is 0 Å². The minimum Gasteiger partial charge on any atom is -0.481 e. The van der Waals surface area contributed by atoms with Crippen molar-refractivity contribution < 1.29 is 30.0 Å². The largest absolute Gasteiger partial charge is 0.481 e. The van der Waals surface area contributed by atoms with Crippen molar-refractivity contribution in [1.82, 2.24) is 0 Å². The van der Waals surface area contributed by atoms with Gasteiger partial charge in [-0.3, -0.25) is 4.79 Å². The van der Waals surface area contributed by atoms with Crippen LogP contribution in [0.2, 0.25) is 0 Å². The maximum absolute atomic E-state index is 10.3. The van der Waals surface area contributed by atoms with Gasteiger partial charge < -0.3 is 25.2 Å². The highest BCUT2D eigenvalue weighted by Gasteiger charge is 2.00. The number of carboxylic acid groups (broad SMARTS) is 1. The van der Waals surface area contributed by atoms with E-state index >= 15 is 0 Å². The van der Waals surface area contributed by atoms with Crippen molar-refractivity contribution >= 4 is 5.97 Å². The van der Waals surface area contributed by atoms with E-state index in [0.717, 1.165) is 51.4 Å². The lowest BCUT2D eigenvalue weighted by atomic mass is 10.1. The lowest BCUT2D eigenvalue weighted by Gasteiger charge is -2.07. The minimum atomic E-state index is -0.689. The molecule has 0 aromatic rings. The van der Waals surface area contributed by atoms with Crippen LogP contribution >= 0.6 is 0 Å². The molecular weight excluding hydrogens is 360 g/mol. The molecule has 0 aromatic heterocycles. The molecule has 0 saturated carbocycles. The van der Waals surface area contributed by atoms with Crippen LogP contribution in [-0.4, -0.2) is 58.9 Å². The van der Waals surface area contributed by atoms with Gasteiger partial charge in [-0.2, -0.15) is 0 Å². The highest BCUT2D eigenvalue weighted by molar-refractivity contribution is 5.66. The van der Waals surface area contributed by atoms with E-state index in [4.69, 9.17) is 15.3 Å². The summed E-state index contributed by atoms with van der Waals surface area (Å²) in [6.45, 7) is 2.90. The molecule has 0 amide bonds. The molecule has 168 valence electrons. The SMILES string of the molecule is CCCCCC[C@@H](O)CC=CCCCCCCCC(=O)O.OCCOCCO. The van der Waals surface area contributed by atoms with Crippen LogP contribution in [-0.2, 0) is 9.53 Å². The van der Waals surface area contributed by atoms with Gasteiger partial charge in [-0.25, -0.2) is 0 Å². The fourth-order valence-electron chi connectivity index (χ4n) is 2.60. The quantitative estimate of drug-likeness (QED) is 0.191. The standard InChI is InChI=1S/C18H34O3.C4H10O3/c1-2-3-4-11-14-17(19)15-12-9-7-5-6-8-10-13-16-18(20)21;5-1-3-7-4-2-6/h9,12,17,19H,2-8,10-11,13-16H2,1H3,(H,20,21);5-6H,1-4H2/t17-;/m1./s1. The summed E-state index contributed by atoms with van der Waals surface area (Å²) in [5.74, 6) is -0.689. The van der Waals surface area contributed by atoms with E-state index in [9.17, 15) is 9.90 Å². The van der Waals surface area contributed by atoms with Gasteiger partial charge in [0.05, 0.1) is 32.5 Å². The Kier molecular flexibility index (Phi) is 27.2. The number of aliphatic carboxylic acids is 1. The first kappa shape index (κ1) is 29.3. The van der Waals surface area contributed by atoms with Gasteiger partial charge in [-0.05, 0) is 32.1 Å². The summed E-state index contributed by atoms with van der Waals surface area (Å²) < 4.78 is 4.63. The zero-order valence-electron chi connectivity index (χ0n) is 17.9. The van der Waals surface area contributed by atoms with Crippen molar-refractivity contribution in [3.8, 4) is 0 Å². The van der Waals surface area contributed by atoms with Crippen molar-refractivity contribution in [2.24, 2.45) is 0 Å². The van der Waals surface area contributed by atoms with E-state index in [-0.39, 0.29) is 19.3 Å². The van der Waals surface area contributed by atoms with Gasteiger partial charge in [-0.1, -0.05) is 64.0 Å². The van der Waals surface area contributed by atoms with Crippen LogP contribution < -0.4 is 0 Å².